The van der Waals surface area contributed by atoms with Crippen molar-refractivity contribution in [2.75, 3.05) is 29.1 Å². The quantitative estimate of drug-likeness (QED) is 0.493. The van der Waals surface area contributed by atoms with Crippen LogP contribution in [-0.4, -0.2) is 28.3 Å². The Labute approximate surface area is 152 Å². The van der Waals surface area contributed by atoms with Gasteiger partial charge in [0.2, 0.25) is 5.62 Å². The average molecular weight is 351 g/mol. The summed E-state index contributed by atoms with van der Waals surface area (Å²) in [6.07, 6.45) is 1.05. The predicted octanol–water partition coefficient (Wildman–Crippen LogP) is 1.56. The molecular formula is C19H25N7. The molecule has 1 aliphatic heterocycles. The van der Waals surface area contributed by atoms with Crippen molar-refractivity contribution >= 4 is 28.1 Å². The zero-order valence-corrected chi connectivity index (χ0v) is 15.2. The Bertz CT molecular complexity index is 997. The summed E-state index contributed by atoms with van der Waals surface area (Å²) in [6, 6.07) is 14.5. The number of rotatable bonds is 3. The van der Waals surface area contributed by atoms with Crippen LogP contribution in [0.4, 0.5) is 17.1 Å². The summed E-state index contributed by atoms with van der Waals surface area (Å²) >= 11 is 0. The number of hydrogen-bond acceptors (Lipinski definition) is 5. The lowest BCUT2D eigenvalue weighted by molar-refractivity contribution is 0.752. The molecular weight excluding hydrogens is 326 g/mol. The second kappa shape index (κ2) is 6.42. The SMILES string of the molecule is Cn1c(=NNc2ccc(N3CCC(N)C3)cc2)n(C)c2cc(N)ccc21. The van der Waals surface area contributed by atoms with Gasteiger partial charge < -0.3 is 25.5 Å². The van der Waals surface area contributed by atoms with E-state index < -0.39 is 0 Å². The Morgan fingerprint density at radius 2 is 1.77 bits per heavy atom. The molecule has 4 rings (SSSR count). The largest absolute Gasteiger partial charge is 0.399 e. The first kappa shape index (κ1) is 16.5. The van der Waals surface area contributed by atoms with Crippen LogP contribution < -0.4 is 27.4 Å². The molecule has 0 aliphatic carbocycles. The second-order valence-electron chi connectivity index (χ2n) is 6.93. The van der Waals surface area contributed by atoms with Gasteiger partial charge in [0.1, 0.15) is 0 Å². The molecule has 5 N–H and O–H groups in total. The van der Waals surface area contributed by atoms with Gasteiger partial charge in [-0.05, 0) is 48.9 Å². The Morgan fingerprint density at radius 1 is 1.04 bits per heavy atom. The lowest BCUT2D eigenvalue weighted by atomic mass is 10.2. The summed E-state index contributed by atoms with van der Waals surface area (Å²) in [4.78, 5) is 2.32. The minimum Gasteiger partial charge on any atom is -0.399 e. The van der Waals surface area contributed by atoms with Crippen LogP contribution in [0, 0.1) is 0 Å². The van der Waals surface area contributed by atoms with Gasteiger partial charge >= 0.3 is 0 Å². The average Bonchev–Trinajstić information content (AvgIpc) is 3.16. The van der Waals surface area contributed by atoms with Gasteiger partial charge in [-0.3, -0.25) is 5.43 Å². The molecule has 26 heavy (non-hydrogen) atoms. The zero-order chi connectivity index (χ0) is 18.3. The van der Waals surface area contributed by atoms with E-state index in [1.54, 1.807) is 0 Å². The van der Waals surface area contributed by atoms with Crippen molar-refractivity contribution in [2.45, 2.75) is 12.5 Å². The fraction of sp³-hybridized carbons (Fsp3) is 0.316. The van der Waals surface area contributed by atoms with E-state index in [0.29, 0.717) is 0 Å². The van der Waals surface area contributed by atoms with Crippen molar-refractivity contribution in [3.8, 4) is 0 Å². The zero-order valence-electron chi connectivity index (χ0n) is 15.2. The molecule has 1 saturated heterocycles. The van der Waals surface area contributed by atoms with E-state index in [-0.39, 0.29) is 6.04 Å². The first-order valence-electron chi connectivity index (χ1n) is 8.84. The fourth-order valence-corrected chi connectivity index (χ4v) is 3.57. The number of hydrogen-bond donors (Lipinski definition) is 3. The van der Waals surface area contributed by atoms with Gasteiger partial charge in [0.15, 0.2) is 0 Å². The molecule has 0 spiro atoms. The van der Waals surface area contributed by atoms with Crippen LogP contribution in [0.25, 0.3) is 11.0 Å². The molecule has 1 aliphatic rings. The van der Waals surface area contributed by atoms with Gasteiger partial charge in [-0.1, -0.05) is 0 Å². The molecule has 0 saturated carbocycles. The number of nitrogens with one attached hydrogen (secondary N) is 1. The molecule has 0 bridgehead atoms. The van der Waals surface area contributed by atoms with E-state index >= 15 is 0 Å². The predicted molar refractivity (Wildman–Crippen MR) is 107 cm³/mol. The normalized spacial score (nSPS) is 18.0. The van der Waals surface area contributed by atoms with Crippen molar-refractivity contribution in [3.05, 3.63) is 48.1 Å². The number of nitrogens with two attached hydrogens (primary N) is 2. The Hall–Kier alpha value is -2.93. The molecule has 1 aromatic heterocycles. The summed E-state index contributed by atoms with van der Waals surface area (Å²) < 4.78 is 4.07. The lowest BCUT2D eigenvalue weighted by Crippen LogP contribution is -2.26. The van der Waals surface area contributed by atoms with Crippen LogP contribution in [0.15, 0.2) is 47.6 Å². The Balaban J connectivity index is 1.59. The third-order valence-electron chi connectivity index (χ3n) is 5.06. The van der Waals surface area contributed by atoms with E-state index in [0.717, 1.165) is 47.5 Å². The summed E-state index contributed by atoms with van der Waals surface area (Å²) in [6.45, 7) is 1.94. The summed E-state index contributed by atoms with van der Waals surface area (Å²) in [5.41, 5.74) is 20.9. The molecule has 136 valence electrons. The van der Waals surface area contributed by atoms with E-state index in [2.05, 4.69) is 27.6 Å². The summed E-state index contributed by atoms with van der Waals surface area (Å²) in [7, 11) is 3.99. The Kier molecular flexibility index (Phi) is 4.08. The molecule has 7 nitrogen and oxygen atoms in total. The van der Waals surface area contributed by atoms with Crippen LogP contribution in [-0.2, 0) is 14.1 Å². The summed E-state index contributed by atoms with van der Waals surface area (Å²) in [5.74, 6) is 0. The van der Waals surface area contributed by atoms with Crippen molar-refractivity contribution in [3.63, 3.8) is 0 Å². The van der Waals surface area contributed by atoms with Crippen LogP contribution in [0.3, 0.4) is 0 Å². The van der Waals surface area contributed by atoms with Crippen LogP contribution in [0.2, 0.25) is 0 Å². The topological polar surface area (TPSA) is 89.5 Å². The van der Waals surface area contributed by atoms with Gasteiger partial charge in [0.25, 0.3) is 0 Å². The van der Waals surface area contributed by atoms with Crippen molar-refractivity contribution in [1.29, 1.82) is 0 Å². The molecule has 2 heterocycles. The highest BCUT2D eigenvalue weighted by atomic mass is 15.3. The first-order valence-corrected chi connectivity index (χ1v) is 8.84. The smallest absolute Gasteiger partial charge is 0.227 e. The maximum atomic E-state index is 5.99. The van der Waals surface area contributed by atoms with Crippen LogP contribution in [0.5, 0.6) is 0 Å². The molecule has 0 radical (unpaired) electrons. The molecule has 1 atom stereocenters. The van der Waals surface area contributed by atoms with Crippen molar-refractivity contribution in [2.24, 2.45) is 24.9 Å². The monoisotopic (exact) mass is 351 g/mol. The fourth-order valence-electron chi connectivity index (χ4n) is 3.57. The highest BCUT2D eigenvalue weighted by molar-refractivity contribution is 5.79. The highest BCUT2D eigenvalue weighted by Gasteiger charge is 2.18. The first-order chi connectivity index (χ1) is 12.5. The number of fused-ring (bicyclic) bond motifs is 1. The minimum atomic E-state index is 0.281. The summed E-state index contributed by atoms with van der Waals surface area (Å²) in [5, 5.41) is 4.58. The molecule has 3 aromatic rings. The highest BCUT2D eigenvalue weighted by Crippen LogP contribution is 2.22. The van der Waals surface area contributed by atoms with Gasteiger partial charge in [0, 0.05) is 44.6 Å². The van der Waals surface area contributed by atoms with Gasteiger partial charge in [-0.15, -0.1) is 5.10 Å². The van der Waals surface area contributed by atoms with E-state index in [1.807, 2.05) is 53.6 Å². The van der Waals surface area contributed by atoms with E-state index in [9.17, 15) is 0 Å². The van der Waals surface area contributed by atoms with Gasteiger partial charge in [-0.25, -0.2) is 0 Å². The third-order valence-corrected chi connectivity index (χ3v) is 5.06. The number of anilines is 3. The van der Waals surface area contributed by atoms with Crippen LogP contribution >= 0.6 is 0 Å². The minimum absolute atomic E-state index is 0.281. The number of nitrogens with zero attached hydrogens (tertiary/aromatic N) is 4. The second-order valence-corrected chi connectivity index (χ2v) is 6.93. The number of nitrogen functional groups attached to an aromatic ring is 1. The number of imidazole rings is 1. The lowest BCUT2D eigenvalue weighted by Gasteiger charge is -2.18. The van der Waals surface area contributed by atoms with E-state index in [4.69, 9.17) is 11.5 Å². The van der Waals surface area contributed by atoms with Gasteiger partial charge in [0.05, 0.1) is 16.7 Å². The molecule has 1 unspecified atom stereocenters. The van der Waals surface area contributed by atoms with Crippen molar-refractivity contribution < 1.29 is 0 Å². The molecule has 0 amide bonds. The maximum Gasteiger partial charge on any atom is 0.227 e. The molecule has 2 aromatic carbocycles. The van der Waals surface area contributed by atoms with Gasteiger partial charge in [-0.2, -0.15) is 0 Å². The molecule has 7 heteroatoms. The number of aryl methyl sites for hydroxylation is 2. The maximum absolute atomic E-state index is 5.99. The van der Waals surface area contributed by atoms with Crippen LogP contribution in [0.1, 0.15) is 6.42 Å². The standard InChI is InChI=1S/C19H25N7/c1-24-17-8-3-13(20)11-18(17)25(2)19(24)23-22-15-4-6-16(7-5-15)26-10-9-14(21)12-26/h3-8,11,14,22H,9-10,12,20-21H2,1-2H3. The van der Waals surface area contributed by atoms with E-state index in [1.165, 1.54) is 5.69 Å². The van der Waals surface area contributed by atoms with Crippen molar-refractivity contribution in [1.82, 2.24) is 9.13 Å². The number of aromatic nitrogens is 2. The third kappa shape index (κ3) is 2.90. The molecule has 1 fully saturated rings. The Morgan fingerprint density at radius 3 is 2.46 bits per heavy atom. The number of benzene rings is 2.